The molecule has 6 nitrogen and oxygen atoms in total. The summed E-state index contributed by atoms with van der Waals surface area (Å²) in [4.78, 5) is 20.2. The van der Waals surface area contributed by atoms with Gasteiger partial charge in [-0.15, -0.1) is 0 Å². The molecule has 1 fully saturated rings. The Bertz CT molecular complexity index is 1050. The third kappa shape index (κ3) is 4.60. The Morgan fingerprint density at radius 2 is 1.78 bits per heavy atom. The van der Waals surface area contributed by atoms with Gasteiger partial charge in [-0.2, -0.15) is 0 Å². The molecule has 3 heterocycles. The summed E-state index contributed by atoms with van der Waals surface area (Å²) >= 11 is 0. The van der Waals surface area contributed by atoms with Gasteiger partial charge in [-0.1, -0.05) is 42.5 Å². The number of nitrogens with zero attached hydrogens (tertiary/aromatic N) is 2. The lowest BCUT2D eigenvalue weighted by molar-refractivity contribution is -0.127. The number of carbonyl (C=O) groups excluding carboxylic acids is 1. The molecule has 5 rings (SSSR count). The van der Waals surface area contributed by atoms with Gasteiger partial charge in [-0.25, -0.2) is 0 Å². The number of aromatic nitrogens is 1. The van der Waals surface area contributed by atoms with Crippen molar-refractivity contribution in [2.75, 3.05) is 19.9 Å². The molecule has 3 aromatic rings. The molecule has 1 unspecified atom stereocenters. The van der Waals surface area contributed by atoms with Gasteiger partial charge in [0.15, 0.2) is 11.5 Å². The minimum atomic E-state index is -0.333. The summed E-state index contributed by atoms with van der Waals surface area (Å²) in [5, 5.41) is 3.26. The number of hydrogen-bond donors (Lipinski definition) is 1. The van der Waals surface area contributed by atoms with Crippen LogP contribution in [0, 0.1) is 5.92 Å². The molecular formula is C26H27N3O3. The first-order chi connectivity index (χ1) is 15.8. The predicted octanol–water partition coefficient (Wildman–Crippen LogP) is 3.93. The van der Waals surface area contributed by atoms with Crippen LogP contribution >= 0.6 is 0 Å². The highest BCUT2D eigenvalue weighted by Crippen LogP contribution is 2.35. The van der Waals surface area contributed by atoms with Crippen LogP contribution in [0.3, 0.4) is 0 Å². The van der Waals surface area contributed by atoms with Crippen LogP contribution in [0.25, 0.3) is 0 Å². The van der Waals surface area contributed by atoms with E-state index in [-0.39, 0.29) is 24.7 Å². The molecule has 1 N–H and O–H groups in total. The second kappa shape index (κ2) is 9.40. The number of fused-ring (bicyclic) bond motifs is 1. The molecule has 0 saturated carbocycles. The van der Waals surface area contributed by atoms with Gasteiger partial charge in [0.2, 0.25) is 12.7 Å². The number of amides is 1. The maximum atomic E-state index is 13.2. The van der Waals surface area contributed by atoms with Crippen LogP contribution in [0.15, 0.2) is 72.9 Å². The van der Waals surface area contributed by atoms with Gasteiger partial charge in [0, 0.05) is 18.7 Å². The van der Waals surface area contributed by atoms with Crippen molar-refractivity contribution in [1.29, 1.82) is 0 Å². The third-order valence-electron chi connectivity index (χ3n) is 6.21. The highest BCUT2D eigenvalue weighted by Gasteiger charge is 2.28. The van der Waals surface area contributed by atoms with Gasteiger partial charge >= 0.3 is 0 Å². The Balaban J connectivity index is 1.26. The predicted molar refractivity (Wildman–Crippen MR) is 121 cm³/mol. The summed E-state index contributed by atoms with van der Waals surface area (Å²) in [6.45, 7) is 3.00. The molecule has 0 spiro atoms. The van der Waals surface area contributed by atoms with Crippen LogP contribution in [0.5, 0.6) is 11.5 Å². The lowest BCUT2D eigenvalue weighted by atomic mass is 9.94. The molecule has 1 saturated heterocycles. The monoisotopic (exact) mass is 429 g/mol. The number of hydrogen-bond acceptors (Lipinski definition) is 5. The number of ether oxygens (including phenoxy) is 2. The fourth-order valence-electron chi connectivity index (χ4n) is 4.42. The SMILES string of the molecule is O=C(NC(c1ccc2c(c1)OCO2)c1ccccn1)C1CCN(Cc2ccccc2)CC1. The number of carbonyl (C=O) groups is 1. The van der Waals surface area contributed by atoms with Gasteiger partial charge in [0.05, 0.1) is 11.7 Å². The average Bonchev–Trinajstić information content (AvgIpc) is 3.32. The molecule has 2 aliphatic heterocycles. The number of rotatable bonds is 6. The smallest absolute Gasteiger partial charge is 0.231 e. The number of piperidine rings is 1. The molecule has 6 heteroatoms. The zero-order chi connectivity index (χ0) is 21.8. The Morgan fingerprint density at radius 3 is 2.56 bits per heavy atom. The summed E-state index contributed by atoms with van der Waals surface area (Å²) in [5.74, 6) is 1.51. The van der Waals surface area contributed by atoms with Gasteiger partial charge < -0.3 is 14.8 Å². The van der Waals surface area contributed by atoms with E-state index in [2.05, 4.69) is 39.5 Å². The Kier molecular flexibility index (Phi) is 6.03. The van der Waals surface area contributed by atoms with Crippen LogP contribution < -0.4 is 14.8 Å². The Labute approximate surface area is 188 Å². The molecule has 32 heavy (non-hydrogen) atoms. The van der Waals surface area contributed by atoms with Gasteiger partial charge in [0.25, 0.3) is 0 Å². The molecule has 0 aliphatic carbocycles. The van der Waals surface area contributed by atoms with Crippen molar-refractivity contribution in [3.05, 3.63) is 89.7 Å². The summed E-state index contributed by atoms with van der Waals surface area (Å²) in [6, 6.07) is 21.7. The van der Waals surface area contributed by atoms with Crippen LogP contribution in [-0.4, -0.2) is 35.7 Å². The molecule has 2 aromatic carbocycles. The van der Waals surface area contributed by atoms with Crippen LogP contribution in [0.4, 0.5) is 0 Å². The standard InChI is InChI=1S/C26H27N3O3/c30-26(20-11-14-29(15-12-20)17-19-6-2-1-3-7-19)28-25(22-8-4-5-13-27-22)21-9-10-23-24(16-21)32-18-31-23/h1-10,13,16,20,25H,11-12,14-15,17-18H2,(H,28,30). The average molecular weight is 430 g/mol. The summed E-state index contributed by atoms with van der Waals surface area (Å²) < 4.78 is 11.0. The summed E-state index contributed by atoms with van der Waals surface area (Å²) in [7, 11) is 0. The maximum Gasteiger partial charge on any atom is 0.231 e. The molecule has 1 aromatic heterocycles. The molecule has 0 radical (unpaired) electrons. The first-order valence-corrected chi connectivity index (χ1v) is 11.1. The van der Waals surface area contributed by atoms with E-state index in [9.17, 15) is 4.79 Å². The third-order valence-corrected chi connectivity index (χ3v) is 6.21. The van der Waals surface area contributed by atoms with Gasteiger partial charge in [0.1, 0.15) is 0 Å². The Morgan fingerprint density at radius 1 is 1.00 bits per heavy atom. The summed E-state index contributed by atoms with van der Waals surface area (Å²) in [5.41, 5.74) is 3.05. The van der Waals surface area contributed by atoms with Gasteiger partial charge in [-0.3, -0.25) is 14.7 Å². The molecule has 0 bridgehead atoms. The number of nitrogens with one attached hydrogen (secondary N) is 1. The van der Waals surface area contributed by atoms with Crippen molar-refractivity contribution in [2.24, 2.45) is 5.92 Å². The van der Waals surface area contributed by atoms with Crippen molar-refractivity contribution in [3.63, 3.8) is 0 Å². The second-order valence-corrected chi connectivity index (χ2v) is 8.34. The van der Waals surface area contributed by atoms with Crippen molar-refractivity contribution in [1.82, 2.24) is 15.2 Å². The Hall–Kier alpha value is -3.38. The van der Waals surface area contributed by atoms with E-state index < -0.39 is 0 Å². The molecular weight excluding hydrogens is 402 g/mol. The van der Waals surface area contributed by atoms with Crippen molar-refractivity contribution < 1.29 is 14.3 Å². The highest BCUT2D eigenvalue weighted by atomic mass is 16.7. The van der Waals surface area contributed by atoms with Crippen molar-refractivity contribution in [2.45, 2.75) is 25.4 Å². The second-order valence-electron chi connectivity index (χ2n) is 8.34. The van der Waals surface area contributed by atoms with E-state index >= 15 is 0 Å². The van der Waals surface area contributed by atoms with E-state index in [1.165, 1.54) is 5.56 Å². The van der Waals surface area contributed by atoms with Crippen molar-refractivity contribution >= 4 is 5.91 Å². The largest absolute Gasteiger partial charge is 0.454 e. The zero-order valence-corrected chi connectivity index (χ0v) is 17.9. The fourth-order valence-corrected chi connectivity index (χ4v) is 4.42. The topological polar surface area (TPSA) is 63.7 Å². The minimum Gasteiger partial charge on any atom is -0.454 e. The number of likely N-dealkylation sites (tertiary alicyclic amines) is 1. The first-order valence-electron chi connectivity index (χ1n) is 11.1. The number of benzene rings is 2. The van der Waals surface area contributed by atoms with Crippen LogP contribution in [-0.2, 0) is 11.3 Å². The van der Waals surface area contributed by atoms with Crippen LogP contribution in [0.1, 0.15) is 35.7 Å². The lowest BCUT2D eigenvalue weighted by Crippen LogP contribution is -2.41. The zero-order valence-electron chi connectivity index (χ0n) is 17.9. The first kappa shape index (κ1) is 20.5. The molecule has 164 valence electrons. The van der Waals surface area contributed by atoms with E-state index in [0.717, 1.165) is 49.5 Å². The van der Waals surface area contributed by atoms with E-state index in [4.69, 9.17) is 9.47 Å². The van der Waals surface area contributed by atoms with Gasteiger partial charge in [-0.05, 0) is 61.3 Å². The van der Waals surface area contributed by atoms with E-state index in [1.807, 2.05) is 42.5 Å². The highest BCUT2D eigenvalue weighted by molar-refractivity contribution is 5.79. The van der Waals surface area contributed by atoms with Crippen LogP contribution in [0.2, 0.25) is 0 Å². The minimum absolute atomic E-state index is 0.00208. The van der Waals surface area contributed by atoms with E-state index in [1.54, 1.807) is 6.20 Å². The maximum absolute atomic E-state index is 13.2. The normalized spacial score (nSPS) is 17.1. The van der Waals surface area contributed by atoms with E-state index in [0.29, 0.717) is 5.75 Å². The lowest BCUT2D eigenvalue weighted by Gasteiger charge is -2.32. The molecule has 2 aliphatic rings. The van der Waals surface area contributed by atoms with Crippen molar-refractivity contribution in [3.8, 4) is 11.5 Å². The summed E-state index contributed by atoms with van der Waals surface area (Å²) in [6.07, 6.45) is 3.47. The number of pyridine rings is 1. The quantitative estimate of drug-likeness (QED) is 0.643. The molecule has 1 amide bonds. The molecule has 1 atom stereocenters. The fraction of sp³-hybridized carbons (Fsp3) is 0.308.